The Bertz CT molecular complexity index is 983. The van der Waals surface area contributed by atoms with E-state index in [1.54, 1.807) is 32.9 Å². The smallest absolute Gasteiger partial charge is 0.337 e. The van der Waals surface area contributed by atoms with E-state index in [0.29, 0.717) is 32.8 Å². The van der Waals surface area contributed by atoms with Crippen molar-refractivity contribution in [3.05, 3.63) is 62.0 Å². The van der Waals surface area contributed by atoms with Gasteiger partial charge in [0.15, 0.2) is 5.16 Å². The molecule has 0 radical (unpaired) electrons. The van der Waals surface area contributed by atoms with Crippen LogP contribution in [0.4, 0.5) is 5.82 Å². The largest absolute Gasteiger partial charge is 0.460 e. The summed E-state index contributed by atoms with van der Waals surface area (Å²) in [6.07, 6.45) is -0.278. The summed E-state index contributed by atoms with van der Waals surface area (Å²) in [5.74, 6) is 0.176. The second kappa shape index (κ2) is 8.41. The Labute approximate surface area is 172 Å². The van der Waals surface area contributed by atoms with Crippen LogP contribution in [0.25, 0.3) is 0 Å². The molecule has 2 N–H and O–H groups in total. The molecule has 0 saturated carbocycles. The van der Waals surface area contributed by atoms with Crippen molar-refractivity contribution in [1.82, 2.24) is 9.97 Å². The van der Waals surface area contributed by atoms with E-state index < -0.39 is 11.9 Å². The lowest BCUT2D eigenvalue weighted by Crippen LogP contribution is -2.31. The molecule has 0 spiro atoms. The number of esters is 1. The zero-order valence-electron chi connectivity index (χ0n) is 16.1. The molecular weight excluding hydrogens is 398 g/mol. The van der Waals surface area contributed by atoms with Gasteiger partial charge in [0.1, 0.15) is 5.82 Å². The Kier molecular flexibility index (Phi) is 6.15. The Hall–Kier alpha value is -2.25. The van der Waals surface area contributed by atoms with Crippen LogP contribution in [0.2, 0.25) is 5.02 Å². The maximum absolute atomic E-state index is 13.0. The second-order valence-electron chi connectivity index (χ2n) is 6.67. The van der Waals surface area contributed by atoms with E-state index in [0.717, 1.165) is 11.3 Å². The summed E-state index contributed by atoms with van der Waals surface area (Å²) in [4.78, 5) is 33.2. The number of aromatic nitrogens is 2. The summed E-state index contributed by atoms with van der Waals surface area (Å²) >= 11 is 7.48. The monoisotopic (exact) mass is 419 g/mol. The number of aromatic amines is 1. The van der Waals surface area contributed by atoms with Crippen molar-refractivity contribution in [2.45, 2.75) is 44.9 Å². The maximum Gasteiger partial charge on any atom is 0.337 e. The van der Waals surface area contributed by atoms with Crippen molar-refractivity contribution in [2.75, 3.05) is 11.1 Å². The van der Waals surface area contributed by atoms with E-state index in [9.17, 15) is 9.59 Å². The number of hydrogen-bond acceptors (Lipinski definition) is 6. The lowest BCUT2D eigenvalue weighted by molar-refractivity contribution is -0.143. The van der Waals surface area contributed by atoms with Crippen LogP contribution < -0.4 is 10.9 Å². The number of allylic oxidation sites excluding steroid dienone is 1. The molecule has 0 fully saturated rings. The molecule has 0 bridgehead atoms. The molecule has 2 aromatic rings. The SMILES string of the molecule is CCSc1nc2c(c(=O)[nH]1)C(c1ccc(Cl)cc1)C(C(=O)OC(C)C)=C(C)N2. The highest BCUT2D eigenvalue weighted by atomic mass is 35.5. The minimum absolute atomic E-state index is 0.278. The van der Waals surface area contributed by atoms with Crippen LogP contribution in [-0.4, -0.2) is 27.8 Å². The summed E-state index contributed by atoms with van der Waals surface area (Å²) < 4.78 is 5.45. The first kappa shape index (κ1) is 20.5. The number of benzene rings is 1. The van der Waals surface area contributed by atoms with Gasteiger partial charge in [-0.3, -0.25) is 4.79 Å². The van der Waals surface area contributed by atoms with Gasteiger partial charge in [0.2, 0.25) is 0 Å². The third-order valence-electron chi connectivity index (χ3n) is 4.27. The number of nitrogens with zero attached hydrogens (tertiary/aromatic N) is 1. The van der Waals surface area contributed by atoms with Crippen molar-refractivity contribution in [3.8, 4) is 0 Å². The fourth-order valence-corrected chi connectivity index (χ4v) is 3.89. The molecular formula is C20H22ClN3O3S. The van der Waals surface area contributed by atoms with Gasteiger partial charge in [0.25, 0.3) is 5.56 Å². The normalized spacial score (nSPS) is 16.0. The third-order valence-corrected chi connectivity index (χ3v) is 5.28. The second-order valence-corrected chi connectivity index (χ2v) is 8.36. The lowest BCUT2D eigenvalue weighted by Gasteiger charge is -2.29. The van der Waals surface area contributed by atoms with Gasteiger partial charge < -0.3 is 15.0 Å². The van der Waals surface area contributed by atoms with Gasteiger partial charge in [-0.2, -0.15) is 0 Å². The average molecular weight is 420 g/mol. The molecule has 6 nitrogen and oxygen atoms in total. The molecule has 1 aliphatic heterocycles. The summed E-state index contributed by atoms with van der Waals surface area (Å²) in [5, 5.41) is 4.24. The Morgan fingerprint density at radius 1 is 1.32 bits per heavy atom. The van der Waals surface area contributed by atoms with Crippen LogP contribution in [0, 0.1) is 0 Å². The quantitative estimate of drug-likeness (QED) is 0.426. The van der Waals surface area contributed by atoms with Crippen LogP contribution in [0.5, 0.6) is 0 Å². The fourth-order valence-electron chi connectivity index (χ4n) is 3.17. The zero-order chi connectivity index (χ0) is 20.4. The number of fused-ring (bicyclic) bond motifs is 1. The van der Waals surface area contributed by atoms with E-state index in [4.69, 9.17) is 16.3 Å². The molecule has 0 amide bonds. The van der Waals surface area contributed by atoms with Crippen LogP contribution >= 0.6 is 23.4 Å². The summed E-state index contributed by atoms with van der Waals surface area (Å²) in [5.41, 5.74) is 1.89. The van der Waals surface area contributed by atoms with Gasteiger partial charge in [-0.05, 0) is 44.2 Å². The molecule has 3 rings (SSSR count). The number of anilines is 1. The summed E-state index contributed by atoms with van der Waals surface area (Å²) in [6, 6.07) is 7.10. The van der Waals surface area contributed by atoms with Gasteiger partial charge >= 0.3 is 5.97 Å². The molecule has 1 aromatic carbocycles. The molecule has 1 aliphatic rings. The highest BCUT2D eigenvalue weighted by molar-refractivity contribution is 7.99. The predicted octanol–water partition coefficient (Wildman–Crippen LogP) is 4.32. The van der Waals surface area contributed by atoms with Crippen LogP contribution in [0.15, 0.2) is 45.5 Å². The number of H-pyrrole nitrogens is 1. The predicted molar refractivity (Wildman–Crippen MR) is 112 cm³/mol. The van der Waals surface area contributed by atoms with Crippen LogP contribution in [0.1, 0.15) is 44.7 Å². The minimum Gasteiger partial charge on any atom is -0.460 e. The first-order valence-electron chi connectivity index (χ1n) is 9.03. The van der Waals surface area contributed by atoms with Gasteiger partial charge in [-0.15, -0.1) is 0 Å². The molecule has 1 aromatic heterocycles. The minimum atomic E-state index is -0.600. The first-order chi connectivity index (χ1) is 13.3. The molecule has 0 saturated heterocycles. The molecule has 28 heavy (non-hydrogen) atoms. The number of halogens is 1. The lowest BCUT2D eigenvalue weighted by atomic mass is 9.82. The van der Waals surface area contributed by atoms with Gasteiger partial charge in [-0.1, -0.05) is 42.4 Å². The number of ether oxygens (including phenoxy) is 1. The van der Waals surface area contributed by atoms with E-state index in [1.165, 1.54) is 11.8 Å². The van der Waals surface area contributed by atoms with Gasteiger partial charge in [0, 0.05) is 10.7 Å². The first-order valence-corrected chi connectivity index (χ1v) is 10.4. The van der Waals surface area contributed by atoms with E-state index in [1.807, 2.05) is 19.1 Å². The third kappa shape index (κ3) is 4.10. The standard InChI is InChI=1S/C20H22ClN3O3S/c1-5-28-20-23-17-16(18(25)24-20)15(12-6-8-13(21)9-7-12)14(11(4)22-17)19(26)27-10(2)3/h6-10,15H,5H2,1-4H3,(H2,22,23,24,25). The van der Waals surface area contributed by atoms with Gasteiger partial charge in [-0.25, -0.2) is 9.78 Å². The summed E-state index contributed by atoms with van der Waals surface area (Å²) in [7, 11) is 0. The summed E-state index contributed by atoms with van der Waals surface area (Å²) in [6.45, 7) is 7.35. The molecule has 2 heterocycles. The molecule has 8 heteroatoms. The van der Waals surface area contributed by atoms with Crippen molar-refractivity contribution < 1.29 is 9.53 Å². The molecule has 148 valence electrons. The Morgan fingerprint density at radius 3 is 2.61 bits per heavy atom. The highest BCUT2D eigenvalue weighted by Gasteiger charge is 2.36. The highest BCUT2D eigenvalue weighted by Crippen LogP contribution is 2.40. The van der Waals surface area contributed by atoms with E-state index in [2.05, 4.69) is 15.3 Å². The van der Waals surface area contributed by atoms with Crippen molar-refractivity contribution >= 4 is 35.1 Å². The van der Waals surface area contributed by atoms with Crippen LogP contribution in [0.3, 0.4) is 0 Å². The van der Waals surface area contributed by atoms with Gasteiger partial charge in [0.05, 0.1) is 23.2 Å². The number of hydrogen-bond donors (Lipinski definition) is 2. The Morgan fingerprint density at radius 2 is 2.00 bits per heavy atom. The molecule has 1 unspecified atom stereocenters. The molecule has 1 atom stereocenters. The fraction of sp³-hybridized carbons (Fsp3) is 0.350. The van der Waals surface area contributed by atoms with Crippen molar-refractivity contribution in [3.63, 3.8) is 0 Å². The van der Waals surface area contributed by atoms with Crippen LogP contribution in [-0.2, 0) is 9.53 Å². The maximum atomic E-state index is 13.0. The average Bonchev–Trinajstić information content (AvgIpc) is 2.60. The van der Waals surface area contributed by atoms with Crippen molar-refractivity contribution in [1.29, 1.82) is 0 Å². The molecule has 0 aliphatic carbocycles. The number of rotatable bonds is 5. The van der Waals surface area contributed by atoms with E-state index >= 15 is 0 Å². The number of carbonyl (C=O) groups is 1. The Balaban J connectivity index is 2.21. The zero-order valence-corrected chi connectivity index (χ0v) is 17.7. The van der Waals surface area contributed by atoms with Crippen molar-refractivity contribution in [2.24, 2.45) is 0 Å². The topological polar surface area (TPSA) is 84.1 Å². The number of thioether (sulfide) groups is 1. The number of nitrogens with one attached hydrogen (secondary N) is 2. The number of carbonyl (C=O) groups excluding carboxylic acids is 1. The van der Waals surface area contributed by atoms with E-state index in [-0.39, 0.29) is 11.7 Å².